The average molecular weight is 812 g/mol. The topological polar surface area (TPSA) is 111 Å². The van der Waals surface area contributed by atoms with Gasteiger partial charge in [0.15, 0.2) is 6.10 Å². The van der Waals surface area contributed by atoms with Crippen LogP contribution in [0, 0.1) is 0 Å². The van der Waals surface area contributed by atoms with Crippen molar-refractivity contribution in [1.29, 1.82) is 0 Å². The maximum atomic E-state index is 12.6. The Bertz CT molecular complexity index is 1050. The van der Waals surface area contributed by atoms with Gasteiger partial charge in [-0.1, -0.05) is 179 Å². The van der Waals surface area contributed by atoms with E-state index in [-0.39, 0.29) is 26.1 Å². The van der Waals surface area contributed by atoms with Gasteiger partial charge >= 0.3 is 11.9 Å². The second-order valence-electron chi connectivity index (χ2n) is 16.4. The molecular formula is C46H86NO8P. The van der Waals surface area contributed by atoms with Gasteiger partial charge in [0.05, 0.1) is 27.7 Å². The molecule has 0 spiro atoms. The molecule has 9 nitrogen and oxygen atoms in total. The number of likely N-dealkylation sites (N-methyl/N-ethyl adjacent to an activating group) is 1. The number of unbranched alkanes of at least 4 members (excludes halogenated alkanes) is 21. The molecule has 328 valence electrons. The third-order valence-electron chi connectivity index (χ3n) is 9.68. The molecule has 0 heterocycles. The van der Waals surface area contributed by atoms with Crippen LogP contribution in [0.3, 0.4) is 0 Å². The summed E-state index contributed by atoms with van der Waals surface area (Å²) >= 11 is 0. The number of allylic oxidation sites excluding steroid dienone is 6. The van der Waals surface area contributed by atoms with Crippen molar-refractivity contribution >= 4 is 19.8 Å². The lowest BCUT2D eigenvalue weighted by Gasteiger charge is -2.28. The Hall–Kier alpha value is -1.77. The highest BCUT2D eigenvalue weighted by Crippen LogP contribution is 2.38. The summed E-state index contributed by atoms with van der Waals surface area (Å²) in [7, 11) is 1.13. The number of nitrogens with zero attached hydrogens (tertiary/aromatic N) is 1. The number of phosphoric acid groups is 1. The predicted molar refractivity (Wildman–Crippen MR) is 231 cm³/mol. The van der Waals surface area contributed by atoms with Crippen molar-refractivity contribution in [2.45, 2.75) is 200 Å². The Morgan fingerprint density at radius 2 is 1.00 bits per heavy atom. The van der Waals surface area contributed by atoms with Crippen LogP contribution in [-0.2, 0) is 32.7 Å². The Morgan fingerprint density at radius 3 is 1.50 bits per heavy atom. The maximum absolute atomic E-state index is 12.6. The highest BCUT2D eigenvalue weighted by atomic mass is 31.2. The molecule has 0 N–H and O–H groups in total. The number of rotatable bonds is 41. The molecule has 0 aromatic heterocycles. The van der Waals surface area contributed by atoms with E-state index in [0.29, 0.717) is 17.4 Å². The highest BCUT2D eigenvalue weighted by molar-refractivity contribution is 7.45. The van der Waals surface area contributed by atoms with E-state index in [1.165, 1.54) is 122 Å². The van der Waals surface area contributed by atoms with Crippen LogP contribution in [0.1, 0.15) is 194 Å². The van der Waals surface area contributed by atoms with Crippen LogP contribution in [0.15, 0.2) is 36.5 Å². The quantitative estimate of drug-likeness (QED) is 0.0197. The molecule has 0 amide bonds. The lowest BCUT2D eigenvalue weighted by Crippen LogP contribution is -2.37. The summed E-state index contributed by atoms with van der Waals surface area (Å²) in [5.41, 5.74) is 0. The van der Waals surface area contributed by atoms with Crippen LogP contribution in [-0.4, -0.2) is 70.0 Å². The van der Waals surface area contributed by atoms with Gasteiger partial charge in [0, 0.05) is 12.8 Å². The first-order chi connectivity index (χ1) is 27.0. The van der Waals surface area contributed by atoms with Gasteiger partial charge in [0.2, 0.25) is 0 Å². The fourth-order valence-corrected chi connectivity index (χ4v) is 6.82. The van der Waals surface area contributed by atoms with E-state index < -0.39 is 32.5 Å². The van der Waals surface area contributed by atoms with Crippen molar-refractivity contribution in [3.05, 3.63) is 36.5 Å². The second-order valence-corrected chi connectivity index (χ2v) is 17.8. The number of phosphoric ester groups is 1. The summed E-state index contributed by atoms with van der Waals surface area (Å²) in [4.78, 5) is 37.5. The number of hydrogen-bond donors (Lipinski definition) is 0. The van der Waals surface area contributed by atoms with E-state index in [4.69, 9.17) is 18.5 Å². The van der Waals surface area contributed by atoms with E-state index in [1.807, 2.05) is 33.3 Å². The minimum atomic E-state index is -4.64. The van der Waals surface area contributed by atoms with Crippen LogP contribution >= 0.6 is 7.82 Å². The molecule has 0 aliphatic carbocycles. The smallest absolute Gasteiger partial charge is 0.306 e. The van der Waals surface area contributed by atoms with Gasteiger partial charge in [-0.2, -0.15) is 0 Å². The lowest BCUT2D eigenvalue weighted by atomic mass is 10.0. The molecule has 2 atom stereocenters. The van der Waals surface area contributed by atoms with Crippen molar-refractivity contribution < 1.29 is 42.1 Å². The van der Waals surface area contributed by atoms with Gasteiger partial charge < -0.3 is 27.9 Å². The monoisotopic (exact) mass is 812 g/mol. The SMILES string of the molecule is CCCCCCCCC/C=C\C/C=C\C/C=C\CCC(=O)OC(COC(=O)CCCCCCCCCCCCCCCCC)COP(=O)([O-])OCC[N+](C)(C)C. The first-order valence-electron chi connectivity index (χ1n) is 22.7. The molecule has 0 radical (unpaired) electrons. The summed E-state index contributed by atoms with van der Waals surface area (Å²) in [6.07, 6.45) is 43.3. The van der Waals surface area contributed by atoms with Gasteiger partial charge in [-0.3, -0.25) is 14.2 Å². The summed E-state index contributed by atoms with van der Waals surface area (Å²) < 4.78 is 33.8. The molecule has 0 rings (SSSR count). The predicted octanol–water partition coefficient (Wildman–Crippen LogP) is 12.3. The lowest BCUT2D eigenvalue weighted by molar-refractivity contribution is -0.870. The average Bonchev–Trinajstić information content (AvgIpc) is 3.15. The number of quaternary nitrogens is 1. The first-order valence-corrected chi connectivity index (χ1v) is 24.2. The molecule has 0 bridgehead atoms. The normalized spacial score (nSPS) is 13.9. The number of carbonyl (C=O) groups excluding carboxylic acids is 2. The van der Waals surface area contributed by atoms with Gasteiger partial charge in [0.25, 0.3) is 7.82 Å². The van der Waals surface area contributed by atoms with Crippen LogP contribution in [0.25, 0.3) is 0 Å². The molecule has 0 aliphatic rings. The standard InChI is InChI=1S/C46H86NO8P/c1-6-8-10-12-14-16-18-20-22-23-25-27-29-31-33-35-37-39-46(49)55-44(43-54-56(50,51)53-41-40-47(3,4)5)42-52-45(48)38-36-34-32-30-28-26-24-21-19-17-15-13-11-9-7-2/h22-23,27,29,33,35,44H,6-21,24-26,28,30-32,34,36-43H2,1-5H3/b23-22-,29-27-,35-33-. The Kier molecular flexibility index (Phi) is 37.5. The Balaban J connectivity index is 4.43. The molecular weight excluding hydrogens is 725 g/mol. The molecule has 0 saturated heterocycles. The first kappa shape index (κ1) is 54.2. The molecule has 56 heavy (non-hydrogen) atoms. The van der Waals surface area contributed by atoms with Crippen molar-refractivity contribution in [1.82, 2.24) is 0 Å². The van der Waals surface area contributed by atoms with Crippen molar-refractivity contribution in [2.24, 2.45) is 0 Å². The maximum Gasteiger partial charge on any atom is 0.306 e. The molecule has 0 saturated carbocycles. The van der Waals surface area contributed by atoms with Crippen molar-refractivity contribution in [3.63, 3.8) is 0 Å². The number of ether oxygens (including phenoxy) is 2. The van der Waals surface area contributed by atoms with Gasteiger partial charge in [0.1, 0.15) is 19.8 Å². The molecule has 0 aliphatic heterocycles. The molecule has 10 heteroatoms. The van der Waals surface area contributed by atoms with E-state index >= 15 is 0 Å². The second kappa shape index (κ2) is 38.7. The van der Waals surface area contributed by atoms with Crippen LogP contribution < -0.4 is 4.89 Å². The summed E-state index contributed by atoms with van der Waals surface area (Å²) in [5.74, 6) is -0.917. The van der Waals surface area contributed by atoms with Crippen molar-refractivity contribution in [3.8, 4) is 0 Å². The zero-order valence-electron chi connectivity index (χ0n) is 36.8. The zero-order chi connectivity index (χ0) is 41.4. The third-order valence-corrected chi connectivity index (χ3v) is 10.6. The minimum absolute atomic E-state index is 0.0412. The van der Waals surface area contributed by atoms with Gasteiger partial charge in [-0.25, -0.2) is 0 Å². The number of hydrogen-bond acceptors (Lipinski definition) is 8. The van der Waals surface area contributed by atoms with E-state index in [0.717, 1.165) is 38.5 Å². The van der Waals surface area contributed by atoms with Crippen LogP contribution in [0.4, 0.5) is 0 Å². The zero-order valence-corrected chi connectivity index (χ0v) is 37.7. The minimum Gasteiger partial charge on any atom is -0.756 e. The van der Waals surface area contributed by atoms with Gasteiger partial charge in [-0.15, -0.1) is 0 Å². The van der Waals surface area contributed by atoms with E-state index in [1.54, 1.807) is 0 Å². The molecule has 2 unspecified atom stereocenters. The fourth-order valence-electron chi connectivity index (χ4n) is 6.10. The Labute approximate surface area is 344 Å². The molecule has 0 fully saturated rings. The van der Waals surface area contributed by atoms with Crippen molar-refractivity contribution in [2.75, 3.05) is 47.5 Å². The third kappa shape index (κ3) is 41.9. The van der Waals surface area contributed by atoms with Gasteiger partial charge in [-0.05, 0) is 38.5 Å². The Morgan fingerprint density at radius 1 is 0.554 bits per heavy atom. The number of esters is 2. The summed E-state index contributed by atoms with van der Waals surface area (Å²) in [5, 5.41) is 0. The summed E-state index contributed by atoms with van der Waals surface area (Å²) in [6.45, 7) is 4.16. The molecule has 0 aromatic carbocycles. The number of carbonyl (C=O) groups is 2. The largest absolute Gasteiger partial charge is 0.756 e. The van der Waals surface area contributed by atoms with Crippen LogP contribution in [0.5, 0.6) is 0 Å². The van der Waals surface area contributed by atoms with E-state index in [2.05, 4.69) is 38.2 Å². The highest BCUT2D eigenvalue weighted by Gasteiger charge is 2.21. The van der Waals surface area contributed by atoms with E-state index in [9.17, 15) is 19.0 Å². The summed E-state index contributed by atoms with van der Waals surface area (Å²) in [6, 6.07) is 0. The fraction of sp³-hybridized carbons (Fsp3) is 0.826. The molecule has 0 aromatic rings. The van der Waals surface area contributed by atoms with Crippen LogP contribution in [0.2, 0.25) is 0 Å².